The third-order valence-corrected chi connectivity index (χ3v) is 7.81. The maximum absolute atomic E-state index is 12.7. The summed E-state index contributed by atoms with van der Waals surface area (Å²) < 4.78 is 2.03. The number of rotatable bonds is 4. The first-order chi connectivity index (χ1) is 12.6. The molecule has 4 bridgehead atoms. The molecule has 1 amide bonds. The highest BCUT2D eigenvalue weighted by atomic mass is 16.2. The van der Waals surface area contributed by atoms with E-state index in [1.165, 1.54) is 38.5 Å². The van der Waals surface area contributed by atoms with Crippen LogP contribution in [0.1, 0.15) is 57.9 Å². The average molecular weight is 357 g/mol. The van der Waals surface area contributed by atoms with E-state index in [2.05, 4.69) is 21.7 Å². The molecule has 1 atom stereocenters. The third kappa shape index (κ3) is 2.88. The minimum Gasteiger partial charge on any atom is -0.340 e. The van der Waals surface area contributed by atoms with Gasteiger partial charge in [-0.25, -0.2) is 4.98 Å². The van der Waals surface area contributed by atoms with E-state index in [4.69, 9.17) is 0 Å². The molecule has 2 heterocycles. The molecule has 0 radical (unpaired) electrons. The number of carbonyl (C=O) groups excluding carboxylic acids is 1. The predicted octanol–water partition coefficient (Wildman–Crippen LogP) is 2.95. The van der Waals surface area contributed by atoms with Crippen molar-refractivity contribution in [1.29, 1.82) is 0 Å². The second-order valence-electron chi connectivity index (χ2n) is 9.57. The molecule has 1 aromatic heterocycles. The molecule has 1 aliphatic heterocycles. The molecule has 4 aliphatic carbocycles. The number of hydrogen-bond donors (Lipinski definition) is 0. The smallest absolute Gasteiger partial charge is 0.224 e. The second-order valence-corrected chi connectivity index (χ2v) is 9.57. The van der Waals surface area contributed by atoms with Crippen molar-refractivity contribution in [3.05, 3.63) is 18.7 Å². The quantitative estimate of drug-likeness (QED) is 0.833. The fraction of sp³-hybridized carbons (Fsp3) is 0.810. The van der Waals surface area contributed by atoms with Crippen molar-refractivity contribution in [3.63, 3.8) is 0 Å². The highest BCUT2D eigenvalue weighted by Gasteiger charge is 2.53. The Balaban J connectivity index is 1.18. The van der Waals surface area contributed by atoms with E-state index < -0.39 is 0 Å². The van der Waals surface area contributed by atoms with E-state index in [1.807, 2.05) is 17.1 Å². The highest BCUT2D eigenvalue weighted by molar-refractivity contribution is 5.76. The summed E-state index contributed by atoms with van der Waals surface area (Å²) in [5.74, 6) is 3.29. The molecule has 0 unspecified atom stereocenters. The first-order valence-corrected chi connectivity index (χ1v) is 10.6. The van der Waals surface area contributed by atoms with Crippen LogP contribution < -0.4 is 0 Å². The molecule has 1 aromatic rings. The van der Waals surface area contributed by atoms with Gasteiger partial charge in [-0.05, 0) is 63.2 Å². The number of carbonyl (C=O) groups is 1. The molecule has 5 nitrogen and oxygen atoms in total. The van der Waals surface area contributed by atoms with Crippen LogP contribution in [-0.4, -0.2) is 57.0 Å². The largest absolute Gasteiger partial charge is 0.340 e. The number of aromatic nitrogens is 2. The Morgan fingerprint density at radius 3 is 2.23 bits per heavy atom. The zero-order valence-electron chi connectivity index (χ0n) is 16.0. The van der Waals surface area contributed by atoms with Gasteiger partial charge in [0.05, 0.1) is 6.33 Å². The fourth-order valence-electron chi connectivity index (χ4n) is 6.90. The Kier molecular flexibility index (Phi) is 4.11. The van der Waals surface area contributed by atoms with Gasteiger partial charge in [-0.3, -0.25) is 9.69 Å². The van der Waals surface area contributed by atoms with Crippen LogP contribution in [0.15, 0.2) is 18.7 Å². The molecule has 0 N–H and O–H groups in total. The highest BCUT2D eigenvalue weighted by Crippen LogP contribution is 2.57. The Labute approximate surface area is 156 Å². The molecule has 5 fully saturated rings. The number of nitrogens with zero attached hydrogens (tertiary/aromatic N) is 4. The van der Waals surface area contributed by atoms with Gasteiger partial charge < -0.3 is 9.47 Å². The predicted molar refractivity (Wildman–Crippen MR) is 101 cm³/mol. The van der Waals surface area contributed by atoms with Gasteiger partial charge in [0.15, 0.2) is 0 Å². The van der Waals surface area contributed by atoms with Crippen molar-refractivity contribution in [1.82, 2.24) is 19.4 Å². The lowest BCUT2D eigenvalue weighted by molar-refractivity contribution is -0.139. The van der Waals surface area contributed by atoms with Crippen molar-refractivity contribution in [2.75, 3.05) is 26.2 Å². The van der Waals surface area contributed by atoms with Crippen molar-refractivity contribution >= 4 is 5.91 Å². The lowest BCUT2D eigenvalue weighted by Crippen LogP contribution is -2.64. The molecule has 5 aliphatic rings. The number of amides is 1. The summed E-state index contributed by atoms with van der Waals surface area (Å²) in [6, 6.07) is 0.186. The van der Waals surface area contributed by atoms with E-state index in [0.717, 1.165) is 43.9 Å². The SMILES string of the molecule is C[C@@H](CC(=O)N1CCN(C23CC4CC(CC(C4)C2)C3)CC1)n1ccnc1. The van der Waals surface area contributed by atoms with Crippen LogP contribution in [0.4, 0.5) is 0 Å². The Bertz CT molecular complexity index is 612. The molecule has 0 spiro atoms. The van der Waals surface area contributed by atoms with E-state index in [0.29, 0.717) is 17.9 Å². The molecule has 0 aromatic carbocycles. The summed E-state index contributed by atoms with van der Waals surface area (Å²) >= 11 is 0. The van der Waals surface area contributed by atoms with E-state index >= 15 is 0 Å². The van der Waals surface area contributed by atoms with Crippen LogP contribution in [-0.2, 0) is 4.79 Å². The summed E-state index contributed by atoms with van der Waals surface area (Å²) in [6.07, 6.45) is 14.9. The van der Waals surface area contributed by atoms with Gasteiger partial charge in [0, 0.05) is 56.6 Å². The molecule has 6 rings (SSSR count). The molecule has 26 heavy (non-hydrogen) atoms. The zero-order valence-corrected chi connectivity index (χ0v) is 16.0. The second kappa shape index (κ2) is 6.36. The lowest BCUT2D eigenvalue weighted by atomic mass is 9.52. The number of imidazole rings is 1. The minimum atomic E-state index is 0.186. The Morgan fingerprint density at radius 1 is 1.08 bits per heavy atom. The molecule has 4 saturated carbocycles. The van der Waals surface area contributed by atoms with E-state index in [1.54, 1.807) is 6.20 Å². The normalized spacial score (nSPS) is 37.9. The van der Waals surface area contributed by atoms with Crippen molar-refractivity contribution < 1.29 is 4.79 Å². The van der Waals surface area contributed by atoms with Crippen LogP contribution in [0.2, 0.25) is 0 Å². The van der Waals surface area contributed by atoms with Crippen molar-refractivity contribution in [2.24, 2.45) is 17.8 Å². The fourth-order valence-corrected chi connectivity index (χ4v) is 6.90. The Hall–Kier alpha value is -1.36. The summed E-state index contributed by atoms with van der Waals surface area (Å²) in [5.41, 5.74) is 0.494. The first kappa shape index (κ1) is 16.8. The van der Waals surface area contributed by atoms with Crippen LogP contribution in [0.25, 0.3) is 0 Å². The minimum absolute atomic E-state index is 0.186. The van der Waals surface area contributed by atoms with Gasteiger partial charge in [-0.2, -0.15) is 0 Å². The number of piperazine rings is 1. The third-order valence-electron chi connectivity index (χ3n) is 7.81. The molecule has 1 saturated heterocycles. The van der Waals surface area contributed by atoms with Crippen molar-refractivity contribution in [2.45, 2.75) is 63.5 Å². The monoisotopic (exact) mass is 356 g/mol. The van der Waals surface area contributed by atoms with Gasteiger partial charge >= 0.3 is 0 Å². The summed E-state index contributed by atoms with van der Waals surface area (Å²) in [4.78, 5) is 21.7. The maximum atomic E-state index is 12.7. The zero-order chi connectivity index (χ0) is 17.7. The standard InChI is InChI=1S/C21H32N4O/c1-16(24-3-2-22-15-24)8-20(26)23-4-6-25(7-5-23)21-12-17-9-18(13-21)11-19(10-17)14-21/h2-3,15-19H,4-14H2,1H3/t16-,17?,18?,19?,21?/m0/s1. The summed E-state index contributed by atoms with van der Waals surface area (Å²) in [7, 11) is 0. The molecular formula is C21H32N4O. The molecular weight excluding hydrogens is 324 g/mol. The van der Waals surface area contributed by atoms with E-state index in [9.17, 15) is 4.79 Å². The Morgan fingerprint density at radius 2 is 1.69 bits per heavy atom. The van der Waals surface area contributed by atoms with Crippen LogP contribution >= 0.6 is 0 Å². The van der Waals surface area contributed by atoms with Crippen LogP contribution in [0.3, 0.4) is 0 Å². The summed E-state index contributed by atoms with van der Waals surface area (Å²) in [6.45, 7) is 6.09. The van der Waals surface area contributed by atoms with Gasteiger partial charge in [0.2, 0.25) is 5.91 Å². The molecule has 5 heteroatoms. The first-order valence-electron chi connectivity index (χ1n) is 10.6. The maximum Gasteiger partial charge on any atom is 0.224 e. The van der Waals surface area contributed by atoms with Crippen molar-refractivity contribution in [3.8, 4) is 0 Å². The van der Waals surface area contributed by atoms with Gasteiger partial charge in [0.25, 0.3) is 0 Å². The summed E-state index contributed by atoms with van der Waals surface area (Å²) in [5, 5.41) is 0. The van der Waals surface area contributed by atoms with Crippen LogP contribution in [0, 0.1) is 17.8 Å². The topological polar surface area (TPSA) is 41.4 Å². The van der Waals surface area contributed by atoms with E-state index in [-0.39, 0.29) is 6.04 Å². The number of hydrogen-bond acceptors (Lipinski definition) is 3. The van der Waals surface area contributed by atoms with Gasteiger partial charge in [0.1, 0.15) is 0 Å². The van der Waals surface area contributed by atoms with Crippen LogP contribution in [0.5, 0.6) is 0 Å². The average Bonchev–Trinajstić information content (AvgIpc) is 3.15. The van der Waals surface area contributed by atoms with Gasteiger partial charge in [-0.1, -0.05) is 0 Å². The molecule has 142 valence electrons. The van der Waals surface area contributed by atoms with Gasteiger partial charge in [-0.15, -0.1) is 0 Å². The lowest BCUT2D eigenvalue weighted by Gasteiger charge is -2.61.